The molecule has 0 fully saturated rings. The van der Waals surface area contributed by atoms with Crippen LogP contribution in [0.4, 0.5) is 5.69 Å². The summed E-state index contributed by atoms with van der Waals surface area (Å²) in [6.07, 6.45) is 1.49. The van der Waals surface area contributed by atoms with Crippen molar-refractivity contribution in [3.05, 3.63) is 57.8 Å². The minimum Gasteiger partial charge on any atom is -0.398 e. The van der Waals surface area contributed by atoms with Gasteiger partial charge in [0.2, 0.25) is 5.78 Å². The zero-order valence-electron chi connectivity index (χ0n) is 8.65. The molecule has 0 spiro atoms. The summed E-state index contributed by atoms with van der Waals surface area (Å²) in [6.45, 7) is 0. The van der Waals surface area contributed by atoms with E-state index in [2.05, 4.69) is 4.98 Å². The van der Waals surface area contributed by atoms with E-state index in [1.807, 2.05) is 0 Å². The van der Waals surface area contributed by atoms with Crippen molar-refractivity contribution in [3.63, 3.8) is 0 Å². The van der Waals surface area contributed by atoms with E-state index >= 15 is 0 Å². The molecule has 2 aromatic rings. The van der Waals surface area contributed by atoms with Gasteiger partial charge in [0.1, 0.15) is 5.69 Å². The van der Waals surface area contributed by atoms with Crippen LogP contribution in [0, 0.1) is 0 Å². The molecular formula is C12H8Cl2N2O. The third-order valence-corrected chi connectivity index (χ3v) is 2.87. The highest BCUT2D eigenvalue weighted by molar-refractivity contribution is 6.38. The maximum absolute atomic E-state index is 12.2. The maximum atomic E-state index is 12.2. The minimum absolute atomic E-state index is 0.147. The highest BCUT2D eigenvalue weighted by atomic mass is 35.5. The van der Waals surface area contributed by atoms with E-state index in [1.54, 1.807) is 30.3 Å². The number of hydrogen-bond acceptors (Lipinski definition) is 3. The second-order valence-corrected chi connectivity index (χ2v) is 4.18. The van der Waals surface area contributed by atoms with Gasteiger partial charge in [0, 0.05) is 11.9 Å². The Kier molecular flexibility index (Phi) is 3.31. The number of halogens is 2. The molecule has 0 atom stereocenters. The molecule has 86 valence electrons. The maximum Gasteiger partial charge on any atom is 0.216 e. The standard InChI is InChI=1S/C12H8Cl2N2O/c13-7-3-1-5-9(15)10(7)12(17)11-8(14)4-2-6-16-11/h1-6H,15H2. The van der Waals surface area contributed by atoms with E-state index in [-0.39, 0.29) is 27.1 Å². The fourth-order valence-electron chi connectivity index (χ4n) is 1.45. The van der Waals surface area contributed by atoms with Crippen LogP contribution in [0.5, 0.6) is 0 Å². The number of nitrogen functional groups attached to an aromatic ring is 1. The van der Waals surface area contributed by atoms with Gasteiger partial charge in [0.05, 0.1) is 15.6 Å². The molecule has 0 amide bonds. The number of pyridine rings is 1. The van der Waals surface area contributed by atoms with Crippen molar-refractivity contribution in [1.29, 1.82) is 0 Å². The fourth-order valence-corrected chi connectivity index (χ4v) is 1.93. The zero-order valence-corrected chi connectivity index (χ0v) is 10.2. The molecule has 2 rings (SSSR count). The van der Waals surface area contributed by atoms with Crippen LogP contribution in [0.25, 0.3) is 0 Å². The van der Waals surface area contributed by atoms with E-state index in [4.69, 9.17) is 28.9 Å². The second kappa shape index (κ2) is 4.73. The number of nitrogens with two attached hydrogens (primary N) is 1. The zero-order chi connectivity index (χ0) is 12.4. The predicted octanol–water partition coefficient (Wildman–Crippen LogP) is 3.20. The Hall–Kier alpha value is -1.58. The number of aromatic nitrogens is 1. The van der Waals surface area contributed by atoms with Crippen LogP contribution in [-0.2, 0) is 0 Å². The third kappa shape index (κ3) is 2.25. The van der Waals surface area contributed by atoms with Gasteiger partial charge < -0.3 is 5.73 Å². The molecular weight excluding hydrogens is 259 g/mol. The van der Waals surface area contributed by atoms with Crippen molar-refractivity contribution in [3.8, 4) is 0 Å². The predicted molar refractivity (Wildman–Crippen MR) is 68.5 cm³/mol. The van der Waals surface area contributed by atoms with Gasteiger partial charge in [-0.1, -0.05) is 29.3 Å². The Morgan fingerprint density at radius 3 is 2.47 bits per heavy atom. The first-order valence-electron chi connectivity index (χ1n) is 4.80. The first-order valence-corrected chi connectivity index (χ1v) is 5.56. The normalized spacial score (nSPS) is 10.2. The lowest BCUT2D eigenvalue weighted by molar-refractivity contribution is 0.103. The Balaban J connectivity index is 2.56. The van der Waals surface area contributed by atoms with Gasteiger partial charge >= 0.3 is 0 Å². The lowest BCUT2D eigenvalue weighted by Gasteiger charge is -2.07. The summed E-state index contributed by atoms with van der Waals surface area (Å²) in [5.74, 6) is -0.376. The first-order chi connectivity index (χ1) is 8.11. The quantitative estimate of drug-likeness (QED) is 0.671. The molecule has 1 aromatic heterocycles. The summed E-state index contributed by atoms with van der Waals surface area (Å²) in [7, 11) is 0. The molecule has 0 unspecified atom stereocenters. The van der Waals surface area contributed by atoms with Crippen molar-refractivity contribution >= 4 is 34.7 Å². The minimum atomic E-state index is -0.376. The monoisotopic (exact) mass is 266 g/mol. The summed E-state index contributed by atoms with van der Waals surface area (Å²) >= 11 is 11.9. The van der Waals surface area contributed by atoms with Gasteiger partial charge in [-0.15, -0.1) is 0 Å². The lowest BCUT2D eigenvalue weighted by Crippen LogP contribution is -2.08. The third-order valence-electron chi connectivity index (χ3n) is 2.25. The summed E-state index contributed by atoms with van der Waals surface area (Å²) in [5.41, 5.74) is 6.42. The number of rotatable bonds is 2. The Morgan fingerprint density at radius 1 is 1.12 bits per heavy atom. The van der Waals surface area contributed by atoms with Crippen molar-refractivity contribution in [2.75, 3.05) is 5.73 Å². The fraction of sp³-hybridized carbons (Fsp3) is 0. The van der Waals surface area contributed by atoms with E-state index < -0.39 is 0 Å². The summed E-state index contributed by atoms with van der Waals surface area (Å²) in [6, 6.07) is 8.12. The average molecular weight is 267 g/mol. The van der Waals surface area contributed by atoms with E-state index in [1.165, 1.54) is 6.20 Å². The highest BCUT2D eigenvalue weighted by Gasteiger charge is 2.19. The molecule has 0 aliphatic carbocycles. The number of nitrogens with zero attached hydrogens (tertiary/aromatic N) is 1. The number of anilines is 1. The van der Waals surface area contributed by atoms with Crippen molar-refractivity contribution < 1.29 is 4.79 Å². The molecule has 0 saturated carbocycles. The molecule has 1 heterocycles. The Bertz CT molecular complexity index is 564. The smallest absolute Gasteiger partial charge is 0.216 e. The second-order valence-electron chi connectivity index (χ2n) is 3.37. The van der Waals surface area contributed by atoms with Gasteiger partial charge in [0.25, 0.3) is 0 Å². The summed E-state index contributed by atoms with van der Waals surface area (Å²) in [4.78, 5) is 16.1. The van der Waals surface area contributed by atoms with Crippen molar-refractivity contribution in [1.82, 2.24) is 4.98 Å². The number of ketones is 1. The van der Waals surface area contributed by atoms with Crippen molar-refractivity contribution in [2.45, 2.75) is 0 Å². The number of benzene rings is 1. The van der Waals surface area contributed by atoms with E-state index in [0.29, 0.717) is 5.69 Å². The van der Waals surface area contributed by atoms with Gasteiger partial charge in [-0.05, 0) is 24.3 Å². The van der Waals surface area contributed by atoms with Crippen LogP contribution in [0.2, 0.25) is 10.0 Å². The topological polar surface area (TPSA) is 56.0 Å². The van der Waals surface area contributed by atoms with Crippen LogP contribution in [-0.4, -0.2) is 10.8 Å². The van der Waals surface area contributed by atoms with Crippen LogP contribution in [0.15, 0.2) is 36.5 Å². The first kappa shape index (κ1) is 11.9. The molecule has 0 bridgehead atoms. The molecule has 3 nitrogen and oxygen atoms in total. The van der Waals surface area contributed by atoms with Crippen LogP contribution < -0.4 is 5.73 Å². The molecule has 0 aliphatic heterocycles. The summed E-state index contributed by atoms with van der Waals surface area (Å²) < 4.78 is 0. The number of hydrogen-bond donors (Lipinski definition) is 1. The van der Waals surface area contributed by atoms with Crippen molar-refractivity contribution in [2.24, 2.45) is 0 Å². The van der Waals surface area contributed by atoms with Gasteiger partial charge in [-0.25, -0.2) is 0 Å². The van der Waals surface area contributed by atoms with Crippen LogP contribution in [0.3, 0.4) is 0 Å². The molecule has 2 N–H and O–H groups in total. The molecule has 0 radical (unpaired) electrons. The van der Waals surface area contributed by atoms with E-state index in [0.717, 1.165) is 0 Å². The van der Waals surface area contributed by atoms with Crippen LogP contribution >= 0.6 is 23.2 Å². The van der Waals surface area contributed by atoms with Gasteiger partial charge in [-0.2, -0.15) is 0 Å². The molecule has 0 aliphatic rings. The van der Waals surface area contributed by atoms with Gasteiger partial charge in [-0.3, -0.25) is 9.78 Å². The summed E-state index contributed by atoms with van der Waals surface area (Å²) in [5, 5.41) is 0.563. The SMILES string of the molecule is Nc1cccc(Cl)c1C(=O)c1ncccc1Cl. The molecule has 1 aromatic carbocycles. The average Bonchev–Trinajstić information content (AvgIpc) is 2.29. The number of carbonyl (C=O) groups is 1. The van der Waals surface area contributed by atoms with E-state index in [9.17, 15) is 4.79 Å². The Morgan fingerprint density at radius 2 is 1.82 bits per heavy atom. The Labute approximate surface area is 108 Å². The largest absolute Gasteiger partial charge is 0.398 e. The van der Waals surface area contributed by atoms with Gasteiger partial charge in [0.15, 0.2) is 0 Å². The number of carbonyl (C=O) groups excluding carboxylic acids is 1. The molecule has 5 heteroatoms. The molecule has 17 heavy (non-hydrogen) atoms. The molecule has 0 saturated heterocycles. The van der Waals surface area contributed by atoms with Crippen LogP contribution in [0.1, 0.15) is 16.1 Å². The lowest BCUT2D eigenvalue weighted by atomic mass is 10.1. The highest BCUT2D eigenvalue weighted by Crippen LogP contribution is 2.26.